The van der Waals surface area contributed by atoms with Crippen LogP contribution < -0.4 is 4.74 Å². The van der Waals surface area contributed by atoms with Gasteiger partial charge in [0.15, 0.2) is 0 Å². The lowest BCUT2D eigenvalue weighted by atomic mass is 9.95. The first-order chi connectivity index (χ1) is 8.40. The number of esters is 1. The van der Waals surface area contributed by atoms with Crippen LogP contribution in [0, 0.1) is 16.7 Å². The van der Waals surface area contributed by atoms with Crippen LogP contribution >= 0.6 is 11.6 Å². The molecule has 96 valence electrons. The molecule has 0 fully saturated rings. The van der Waals surface area contributed by atoms with E-state index in [4.69, 9.17) is 21.6 Å². The quantitative estimate of drug-likeness (QED) is 0.787. The number of nitriles is 1. The molecule has 0 radical (unpaired) electrons. The van der Waals surface area contributed by atoms with Gasteiger partial charge in [0.25, 0.3) is 0 Å². The smallest absolute Gasteiger partial charge is 0.314 e. The van der Waals surface area contributed by atoms with Crippen molar-refractivity contribution in [2.45, 2.75) is 13.8 Å². The van der Waals surface area contributed by atoms with Gasteiger partial charge in [-0.2, -0.15) is 5.26 Å². The number of nitrogens with zero attached hydrogens (tertiary/aromatic N) is 1. The average Bonchev–Trinajstić information content (AvgIpc) is 2.36. The standard InChI is InChI=1S/C13H14ClNO3/c1-13(2,12(16)17-3)8-18-11-5-4-9(7-15)6-10(11)14/h4-6H,8H2,1-3H3. The molecule has 0 bridgehead atoms. The maximum absolute atomic E-state index is 11.5. The Balaban J connectivity index is 2.76. The molecule has 0 amide bonds. The Morgan fingerprint density at radius 3 is 2.67 bits per heavy atom. The highest BCUT2D eigenvalue weighted by Gasteiger charge is 2.30. The van der Waals surface area contributed by atoms with Gasteiger partial charge in [-0.15, -0.1) is 0 Å². The number of methoxy groups -OCH3 is 1. The molecule has 0 spiro atoms. The second-order valence-electron chi connectivity index (χ2n) is 4.42. The first kappa shape index (κ1) is 14.3. The minimum atomic E-state index is -0.758. The number of ether oxygens (including phenoxy) is 2. The lowest BCUT2D eigenvalue weighted by Gasteiger charge is -2.21. The normalized spacial score (nSPS) is 10.6. The first-order valence-electron chi connectivity index (χ1n) is 5.31. The molecule has 0 saturated carbocycles. The molecule has 1 aromatic carbocycles. The van der Waals surface area contributed by atoms with Crippen molar-refractivity contribution in [3.8, 4) is 11.8 Å². The van der Waals surface area contributed by atoms with Gasteiger partial charge < -0.3 is 9.47 Å². The monoisotopic (exact) mass is 267 g/mol. The Morgan fingerprint density at radius 1 is 1.50 bits per heavy atom. The summed E-state index contributed by atoms with van der Waals surface area (Å²) >= 11 is 5.96. The molecule has 4 nitrogen and oxygen atoms in total. The van der Waals surface area contributed by atoms with E-state index in [0.717, 1.165) is 0 Å². The zero-order chi connectivity index (χ0) is 13.8. The molecule has 1 rings (SSSR count). The van der Waals surface area contributed by atoms with E-state index in [0.29, 0.717) is 16.3 Å². The van der Waals surface area contributed by atoms with Crippen LogP contribution in [0.15, 0.2) is 18.2 Å². The van der Waals surface area contributed by atoms with Crippen LogP contribution in [0.1, 0.15) is 19.4 Å². The number of carbonyl (C=O) groups excluding carboxylic acids is 1. The van der Waals surface area contributed by atoms with Crippen LogP contribution in [0.2, 0.25) is 5.02 Å². The topological polar surface area (TPSA) is 59.3 Å². The minimum Gasteiger partial charge on any atom is -0.491 e. The molecule has 18 heavy (non-hydrogen) atoms. The van der Waals surface area contributed by atoms with Gasteiger partial charge in [0, 0.05) is 0 Å². The third-order valence-corrected chi connectivity index (χ3v) is 2.68. The predicted octanol–water partition coefficient (Wildman–Crippen LogP) is 2.79. The third kappa shape index (κ3) is 3.38. The number of carbonyl (C=O) groups is 1. The van der Waals surface area contributed by atoms with Gasteiger partial charge in [0.1, 0.15) is 12.4 Å². The fourth-order valence-corrected chi connectivity index (χ4v) is 1.52. The van der Waals surface area contributed by atoms with Gasteiger partial charge in [-0.3, -0.25) is 4.79 Å². The van der Waals surface area contributed by atoms with E-state index >= 15 is 0 Å². The van der Waals surface area contributed by atoms with Crippen molar-refractivity contribution < 1.29 is 14.3 Å². The van der Waals surface area contributed by atoms with Crippen LogP contribution in [0.3, 0.4) is 0 Å². The number of benzene rings is 1. The molecule has 0 atom stereocenters. The summed E-state index contributed by atoms with van der Waals surface area (Å²) in [6.07, 6.45) is 0. The Morgan fingerprint density at radius 2 is 2.17 bits per heavy atom. The minimum absolute atomic E-state index is 0.144. The third-order valence-electron chi connectivity index (χ3n) is 2.39. The van der Waals surface area contributed by atoms with Crippen molar-refractivity contribution in [1.82, 2.24) is 0 Å². The van der Waals surface area contributed by atoms with Crippen LogP contribution in [-0.2, 0) is 9.53 Å². The highest BCUT2D eigenvalue weighted by atomic mass is 35.5. The summed E-state index contributed by atoms with van der Waals surface area (Å²) in [5, 5.41) is 9.05. The maximum atomic E-state index is 11.5. The van der Waals surface area contributed by atoms with Crippen molar-refractivity contribution in [1.29, 1.82) is 5.26 Å². The number of rotatable bonds is 4. The molecule has 0 unspecified atom stereocenters. The maximum Gasteiger partial charge on any atom is 0.314 e. The number of hydrogen-bond acceptors (Lipinski definition) is 4. The van der Waals surface area contributed by atoms with Crippen LogP contribution in [0.4, 0.5) is 0 Å². The first-order valence-corrected chi connectivity index (χ1v) is 5.69. The van der Waals surface area contributed by atoms with Gasteiger partial charge in [0.2, 0.25) is 0 Å². The Kier molecular flexibility index (Phi) is 4.57. The summed E-state index contributed by atoms with van der Waals surface area (Å²) in [5.41, 5.74) is -0.300. The summed E-state index contributed by atoms with van der Waals surface area (Å²) in [5.74, 6) is 0.0833. The summed E-state index contributed by atoms with van der Waals surface area (Å²) in [6, 6.07) is 6.71. The van der Waals surface area contributed by atoms with Crippen LogP contribution in [0.5, 0.6) is 5.75 Å². The highest BCUT2D eigenvalue weighted by molar-refractivity contribution is 6.32. The summed E-state index contributed by atoms with van der Waals surface area (Å²) < 4.78 is 10.2. The molecular formula is C13H14ClNO3. The van der Waals surface area contributed by atoms with E-state index < -0.39 is 5.41 Å². The molecule has 0 heterocycles. The molecule has 1 aromatic rings. The predicted molar refractivity (Wildman–Crippen MR) is 67.5 cm³/mol. The highest BCUT2D eigenvalue weighted by Crippen LogP contribution is 2.27. The van der Waals surface area contributed by atoms with Crippen molar-refractivity contribution >= 4 is 17.6 Å². The molecular weight excluding hydrogens is 254 g/mol. The molecule has 0 aliphatic carbocycles. The SMILES string of the molecule is COC(=O)C(C)(C)COc1ccc(C#N)cc1Cl. The fourth-order valence-electron chi connectivity index (χ4n) is 1.28. The number of halogens is 1. The van der Waals surface area contributed by atoms with Crippen molar-refractivity contribution in [2.75, 3.05) is 13.7 Å². The van der Waals surface area contributed by atoms with Crippen molar-refractivity contribution in [2.24, 2.45) is 5.41 Å². The molecule has 5 heteroatoms. The van der Waals surface area contributed by atoms with E-state index in [1.165, 1.54) is 13.2 Å². The lowest BCUT2D eigenvalue weighted by Crippen LogP contribution is -2.32. The van der Waals surface area contributed by atoms with Crippen LogP contribution in [0.25, 0.3) is 0 Å². The van der Waals surface area contributed by atoms with E-state index in [1.54, 1.807) is 26.0 Å². The Bertz CT molecular complexity index is 491. The summed E-state index contributed by atoms with van der Waals surface area (Å²) in [6.45, 7) is 3.58. The van der Waals surface area contributed by atoms with E-state index in [-0.39, 0.29) is 12.6 Å². The molecule has 0 aliphatic heterocycles. The number of hydrogen-bond donors (Lipinski definition) is 0. The Hall–Kier alpha value is -1.73. The largest absolute Gasteiger partial charge is 0.491 e. The second kappa shape index (κ2) is 5.74. The summed E-state index contributed by atoms with van der Waals surface area (Å²) in [4.78, 5) is 11.5. The molecule has 0 N–H and O–H groups in total. The van der Waals surface area contributed by atoms with E-state index in [9.17, 15) is 4.79 Å². The van der Waals surface area contributed by atoms with Gasteiger partial charge >= 0.3 is 5.97 Å². The van der Waals surface area contributed by atoms with Gasteiger partial charge in [-0.05, 0) is 32.0 Å². The van der Waals surface area contributed by atoms with Gasteiger partial charge in [-0.25, -0.2) is 0 Å². The average molecular weight is 268 g/mol. The van der Waals surface area contributed by atoms with Gasteiger partial charge in [0.05, 0.1) is 29.2 Å². The Labute approximate surface area is 111 Å². The zero-order valence-corrected chi connectivity index (χ0v) is 11.2. The van der Waals surface area contributed by atoms with Gasteiger partial charge in [-0.1, -0.05) is 11.6 Å². The van der Waals surface area contributed by atoms with Crippen molar-refractivity contribution in [3.63, 3.8) is 0 Å². The molecule has 0 saturated heterocycles. The molecule has 0 aromatic heterocycles. The zero-order valence-electron chi connectivity index (χ0n) is 10.5. The van der Waals surface area contributed by atoms with Crippen LogP contribution in [-0.4, -0.2) is 19.7 Å². The van der Waals surface area contributed by atoms with Crippen molar-refractivity contribution in [3.05, 3.63) is 28.8 Å². The van der Waals surface area contributed by atoms with E-state index in [1.807, 2.05) is 6.07 Å². The van der Waals surface area contributed by atoms with E-state index in [2.05, 4.69) is 4.74 Å². The lowest BCUT2D eigenvalue weighted by molar-refractivity contribution is -0.152. The molecule has 0 aliphatic rings. The second-order valence-corrected chi connectivity index (χ2v) is 4.83. The summed E-state index contributed by atoms with van der Waals surface area (Å²) in [7, 11) is 1.33. The fraction of sp³-hybridized carbons (Fsp3) is 0.385.